The predicted octanol–water partition coefficient (Wildman–Crippen LogP) is 0.813. The van der Waals surface area contributed by atoms with Gasteiger partial charge in [0, 0.05) is 86.4 Å². The van der Waals surface area contributed by atoms with Crippen molar-refractivity contribution >= 4 is 31.4 Å². The molecule has 2 aliphatic rings. The van der Waals surface area contributed by atoms with E-state index in [1.165, 1.54) is 0 Å². The van der Waals surface area contributed by atoms with Crippen molar-refractivity contribution in [1.82, 2.24) is 20.4 Å². The Morgan fingerprint density at radius 1 is 0.650 bits per heavy atom. The summed E-state index contributed by atoms with van der Waals surface area (Å²) in [5.41, 5.74) is 3.33. The van der Waals surface area contributed by atoms with Gasteiger partial charge in [0.2, 0.25) is 0 Å². The van der Waals surface area contributed by atoms with Gasteiger partial charge in [0.15, 0.2) is 11.6 Å². The van der Waals surface area contributed by atoms with Crippen molar-refractivity contribution in [1.29, 1.82) is 0 Å². The van der Waals surface area contributed by atoms with Crippen LogP contribution in [-0.2, 0) is 9.59 Å². The fourth-order valence-corrected chi connectivity index (χ4v) is 4.17. The molecule has 0 spiro atoms. The summed E-state index contributed by atoms with van der Waals surface area (Å²) in [6, 6.07) is 0. The van der Waals surface area contributed by atoms with E-state index in [9.17, 15) is 9.59 Å². The summed E-state index contributed by atoms with van der Waals surface area (Å²) in [5.74, 6) is 0.0851. The number of likely N-dealkylation sites (N-methyl/N-ethyl adjacent to an activating group) is 2. The molecule has 0 saturated carbocycles. The van der Waals surface area contributed by atoms with Crippen LogP contribution in [-0.4, -0.2) is 107 Å². The van der Waals surface area contributed by atoms with Gasteiger partial charge in [-0.2, -0.15) is 13.1 Å². The van der Waals surface area contributed by atoms with Crippen molar-refractivity contribution in [2.75, 3.05) is 65.4 Å². The molecule has 0 atom stereocenters. The van der Waals surface area contributed by atoms with Gasteiger partial charge >= 0.3 is 19.8 Å². The van der Waals surface area contributed by atoms with E-state index >= 15 is 0 Å². The molecule has 0 aromatic heterocycles. The molecule has 0 aromatic rings. The number of hydrogen-bond donors (Lipinski definition) is 2. The molecule has 8 nitrogen and oxygen atoms in total. The summed E-state index contributed by atoms with van der Waals surface area (Å²) < 4.78 is 0. The van der Waals surface area contributed by atoms with Crippen molar-refractivity contribution in [3.05, 3.63) is 82.0 Å². The van der Waals surface area contributed by atoms with Crippen LogP contribution < -0.4 is 34.6 Å². The minimum atomic E-state index is 0. The molecule has 40 heavy (non-hydrogen) atoms. The second-order valence-corrected chi connectivity index (χ2v) is 9.03. The zero-order valence-corrected chi connectivity index (χ0v) is 29.2. The Morgan fingerprint density at radius 2 is 1.02 bits per heavy atom. The molecule has 0 aliphatic heterocycles. The van der Waals surface area contributed by atoms with E-state index in [-0.39, 0.29) is 55.3 Å². The Hall–Kier alpha value is -1.73. The van der Waals surface area contributed by atoms with Crippen LogP contribution in [0.2, 0.25) is 0 Å². The number of nitrogens with one attached hydrogen (secondary N) is 2. The van der Waals surface area contributed by atoms with E-state index in [2.05, 4.69) is 58.8 Å². The number of nitrogens with zero attached hydrogens (tertiary/aromatic N) is 4. The molecule has 0 saturated heterocycles. The first-order chi connectivity index (χ1) is 18.5. The molecule has 0 heterocycles. The summed E-state index contributed by atoms with van der Waals surface area (Å²) >= 11 is 0. The molecule has 0 fully saturated rings. The predicted molar refractivity (Wildman–Crippen MR) is 164 cm³/mol. The normalized spacial score (nSPS) is 16.3. The zero-order valence-electron chi connectivity index (χ0n) is 24.7. The molecule has 0 aromatic carbocycles. The molecule has 218 valence electrons. The van der Waals surface area contributed by atoms with E-state index in [1.807, 2.05) is 24.3 Å². The van der Waals surface area contributed by atoms with E-state index < -0.39 is 0 Å². The van der Waals surface area contributed by atoms with Crippen molar-refractivity contribution < 1.29 is 33.6 Å². The molecule has 0 amide bonds. The van der Waals surface area contributed by atoms with Crippen molar-refractivity contribution in [3.8, 4) is 0 Å². The van der Waals surface area contributed by atoms with Crippen LogP contribution in [0, 0.1) is 0 Å². The zero-order chi connectivity index (χ0) is 27.6. The molecule has 0 bridgehead atoms. The van der Waals surface area contributed by atoms with Crippen LogP contribution in [0.3, 0.4) is 0 Å². The monoisotopic (exact) mass is 717 g/mol. The molecule has 2 N–H and O–H groups in total. The Morgan fingerprint density at radius 3 is 1.35 bits per heavy atom. The molecule has 0 radical (unpaired) electrons. The molecule has 0 unspecified atom stereocenters. The number of halogens is 1. The summed E-state index contributed by atoms with van der Waals surface area (Å²) in [6.07, 6.45) is 16.6. The quantitative estimate of drug-likeness (QED) is 0.0891. The van der Waals surface area contributed by atoms with Crippen molar-refractivity contribution in [3.63, 3.8) is 0 Å². The molecular formula is C30H46GaIN6O2. The SMILES string of the molecule is CCN(CC)C1=CC(=O)/C(=C\NCCC[N-]CC[N-]CCCN/C=C2\C=CC(N(CC)CC)=CC2=O)C=C1.[68Ga+3].[I-]. The van der Waals surface area contributed by atoms with Crippen LogP contribution in [0.15, 0.2) is 71.4 Å². The second-order valence-electron chi connectivity index (χ2n) is 9.03. The van der Waals surface area contributed by atoms with Crippen LogP contribution in [0.5, 0.6) is 0 Å². The third-order valence-corrected chi connectivity index (χ3v) is 6.46. The minimum absolute atomic E-state index is 0. The number of allylic oxidation sites excluding steroid dienone is 8. The van der Waals surface area contributed by atoms with Gasteiger partial charge < -0.3 is 55.0 Å². The third-order valence-electron chi connectivity index (χ3n) is 6.46. The Kier molecular flexibility index (Phi) is 21.9. The Balaban J connectivity index is 0.00000760. The molecule has 2 aliphatic carbocycles. The van der Waals surface area contributed by atoms with Gasteiger partial charge in [-0.25, -0.2) is 0 Å². The van der Waals surface area contributed by atoms with Gasteiger partial charge in [-0.1, -0.05) is 12.8 Å². The van der Waals surface area contributed by atoms with E-state index in [4.69, 9.17) is 0 Å². The maximum absolute atomic E-state index is 12.3. The largest absolute Gasteiger partial charge is 3.00 e. The number of ketones is 2. The average Bonchev–Trinajstić information content (AvgIpc) is 2.92. The molecule has 10 heteroatoms. The van der Waals surface area contributed by atoms with Gasteiger partial charge in [-0.05, 0) is 52.0 Å². The Labute approximate surface area is 272 Å². The first-order valence-electron chi connectivity index (χ1n) is 14.1. The number of carbonyl (C=O) groups excluding carboxylic acids is 2. The maximum Gasteiger partial charge on any atom is 3.00 e. The first kappa shape index (κ1) is 38.3. The summed E-state index contributed by atoms with van der Waals surface area (Å²) in [7, 11) is 0. The van der Waals surface area contributed by atoms with Gasteiger partial charge in [-0.15, -0.1) is 13.1 Å². The van der Waals surface area contributed by atoms with Gasteiger partial charge in [0.25, 0.3) is 0 Å². The Bertz CT molecular complexity index is 874. The fraction of sp³-hybridized carbons (Fsp3) is 0.533. The van der Waals surface area contributed by atoms with Crippen LogP contribution in [0.1, 0.15) is 40.5 Å². The number of hydrogen-bond acceptors (Lipinski definition) is 6. The third kappa shape index (κ3) is 13.8. The minimum Gasteiger partial charge on any atom is -1.00 e. The van der Waals surface area contributed by atoms with Crippen LogP contribution in [0.4, 0.5) is 0 Å². The maximum atomic E-state index is 12.3. The first-order valence-corrected chi connectivity index (χ1v) is 14.1. The van der Waals surface area contributed by atoms with Gasteiger partial charge in [0.05, 0.1) is 0 Å². The van der Waals surface area contributed by atoms with Gasteiger partial charge in [-0.3, -0.25) is 9.59 Å². The second kappa shape index (κ2) is 22.9. The molecular weight excluding hydrogens is 671 g/mol. The number of carbonyl (C=O) groups is 2. The van der Waals surface area contributed by atoms with E-state index in [0.29, 0.717) is 11.1 Å². The summed E-state index contributed by atoms with van der Waals surface area (Å²) in [4.78, 5) is 29.0. The summed E-state index contributed by atoms with van der Waals surface area (Å²) in [6.45, 7) is 16.5. The van der Waals surface area contributed by atoms with Gasteiger partial charge in [0.1, 0.15) is 0 Å². The fourth-order valence-electron chi connectivity index (χ4n) is 4.17. The van der Waals surface area contributed by atoms with E-state index in [1.54, 1.807) is 24.6 Å². The number of rotatable bonds is 19. The standard InChI is InChI=1S/C30H46N6O2.Ga.HI/c1-5-35(6-2)27-13-11-25(29(37)21-27)23-33-17-9-15-31-19-20-32-16-10-18-34-24-26-12-14-28(22-30(26)38)36(7-3)8-4;;/h11-14,21-24,33-34H,5-10,15-20H2,1-4H3;;1H/q-2;+3;/p-1/b25-23-,26-24+;;/i;1-2;. The van der Waals surface area contributed by atoms with E-state index in [0.717, 1.165) is 89.7 Å². The summed E-state index contributed by atoms with van der Waals surface area (Å²) in [5, 5.41) is 15.5. The average molecular weight is 718 g/mol. The van der Waals surface area contributed by atoms with Crippen LogP contribution in [0.25, 0.3) is 10.6 Å². The topological polar surface area (TPSA) is 92.9 Å². The van der Waals surface area contributed by atoms with Crippen molar-refractivity contribution in [2.45, 2.75) is 40.5 Å². The van der Waals surface area contributed by atoms with Crippen molar-refractivity contribution in [2.24, 2.45) is 0 Å². The van der Waals surface area contributed by atoms with Crippen LogP contribution >= 0.6 is 0 Å². The smallest absolute Gasteiger partial charge is 1.00 e. The molecule has 2 rings (SSSR count).